The molecule has 6 aromatic carbocycles. The Hall–Kier alpha value is -6.72. The highest BCUT2D eigenvalue weighted by Gasteiger charge is 2.28. The molecular formula is C45H31N5. The maximum Gasteiger partial charge on any atom is 0.145 e. The lowest BCUT2D eigenvalue weighted by atomic mass is 9.86. The fraction of sp³-hybridized carbons (Fsp3) is 0.0222. The fourth-order valence-electron chi connectivity index (χ4n) is 7.42. The molecule has 10 rings (SSSR count). The Labute approximate surface area is 289 Å². The molecule has 0 saturated carbocycles. The predicted molar refractivity (Wildman–Crippen MR) is 203 cm³/mol. The Morgan fingerprint density at radius 2 is 1.28 bits per heavy atom. The summed E-state index contributed by atoms with van der Waals surface area (Å²) in [4.78, 5) is 10.2. The van der Waals surface area contributed by atoms with E-state index in [0.29, 0.717) is 0 Å². The van der Waals surface area contributed by atoms with Crippen LogP contribution in [-0.2, 0) is 0 Å². The van der Waals surface area contributed by atoms with Crippen LogP contribution < -0.4 is 5.32 Å². The van der Waals surface area contributed by atoms with Crippen LogP contribution in [0, 0.1) is 0 Å². The Morgan fingerprint density at radius 1 is 0.560 bits per heavy atom. The van der Waals surface area contributed by atoms with Crippen LogP contribution in [0.1, 0.15) is 17.2 Å². The van der Waals surface area contributed by atoms with Crippen molar-refractivity contribution in [2.75, 3.05) is 5.32 Å². The molecule has 5 heteroatoms. The van der Waals surface area contributed by atoms with Crippen LogP contribution >= 0.6 is 0 Å². The summed E-state index contributed by atoms with van der Waals surface area (Å²) in [6.45, 7) is 0. The predicted octanol–water partition coefficient (Wildman–Crippen LogP) is 10.9. The third-order valence-electron chi connectivity index (χ3n) is 9.81. The molecule has 9 aromatic rings. The average molecular weight is 642 g/mol. The molecule has 0 radical (unpaired) electrons. The van der Waals surface area contributed by atoms with E-state index >= 15 is 0 Å². The van der Waals surface area contributed by atoms with E-state index in [0.717, 1.165) is 56.3 Å². The van der Waals surface area contributed by atoms with Gasteiger partial charge in [0, 0.05) is 46.0 Å². The van der Waals surface area contributed by atoms with Gasteiger partial charge in [-0.25, -0.2) is 9.97 Å². The lowest BCUT2D eigenvalue weighted by molar-refractivity contribution is 0.923. The first-order valence-corrected chi connectivity index (χ1v) is 17.0. The molecule has 0 aliphatic carbocycles. The number of fused-ring (bicyclic) bond motifs is 6. The summed E-state index contributed by atoms with van der Waals surface area (Å²) < 4.78 is 4.41. The quantitative estimate of drug-likeness (QED) is 0.203. The molecule has 1 aliphatic rings. The van der Waals surface area contributed by atoms with E-state index in [2.05, 4.69) is 172 Å². The minimum atomic E-state index is -0.0354. The molecule has 1 atom stereocenters. The molecule has 0 saturated heterocycles. The minimum absolute atomic E-state index is 0.0354. The topological polar surface area (TPSA) is 47.1 Å². The highest BCUT2D eigenvalue weighted by Crippen LogP contribution is 2.45. The number of hydrogen-bond acceptors (Lipinski definition) is 3. The van der Waals surface area contributed by atoms with E-state index in [1.165, 1.54) is 27.8 Å². The van der Waals surface area contributed by atoms with Crippen molar-refractivity contribution in [3.63, 3.8) is 0 Å². The van der Waals surface area contributed by atoms with Gasteiger partial charge < -0.3 is 9.72 Å². The van der Waals surface area contributed by atoms with Crippen molar-refractivity contribution < 1.29 is 0 Å². The molecule has 1 aliphatic heterocycles. The second-order valence-corrected chi connectivity index (χ2v) is 12.8. The van der Waals surface area contributed by atoms with Gasteiger partial charge in [-0.3, -0.25) is 4.57 Å². The van der Waals surface area contributed by atoms with Crippen molar-refractivity contribution in [1.82, 2.24) is 18.9 Å². The molecule has 0 spiro atoms. The maximum atomic E-state index is 5.19. The summed E-state index contributed by atoms with van der Waals surface area (Å²) >= 11 is 0. The zero-order valence-electron chi connectivity index (χ0n) is 27.1. The zero-order valence-corrected chi connectivity index (χ0v) is 27.1. The molecule has 236 valence electrons. The number of imidazole rings is 2. The van der Waals surface area contributed by atoms with Crippen molar-refractivity contribution in [2.45, 2.75) is 6.04 Å². The fourth-order valence-corrected chi connectivity index (χ4v) is 7.42. The van der Waals surface area contributed by atoms with Gasteiger partial charge >= 0.3 is 0 Å². The van der Waals surface area contributed by atoms with E-state index in [9.17, 15) is 0 Å². The molecule has 0 bridgehead atoms. The van der Waals surface area contributed by atoms with Crippen LogP contribution in [0.25, 0.3) is 67.3 Å². The number of rotatable bonds is 5. The molecule has 0 amide bonds. The third-order valence-corrected chi connectivity index (χ3v) is 9.81. The van der Waals surface area contributed by atoms with Crippen LogP contribution in [0.5, 0.6) is 0 Å². The lowest BCUT2D eigenvalue weighted by Gasteiger charge is -2.30. The number of aromatic nitrogens is 4. The van der Waals surface area contributed by atoms with Crippen molar-refractivity contribution in [3.05, 3.63) is 187 Å². The first-order chi connectivity index (χ1) is 24.8. The van der Waals surface area contributed by atoms with Gasteiger partial charge in [0.2, 0.25) is 0 Å². The molecule has 50 heavy (non-hydrogen) atoms. The average Bonchev–Trinajstić information content (AvgIpc) is 3.81. The largest absolute Gasteiger partial charge is 0.374 e. The molecule has 5 nitrogen and oxygen atoms in total. The van der Waals surface area contributed by atoms with Crippen LogP contribution in [0.15, 0.2) is 176 Å². The van der Waals surface area contributed by atoms with Crippen LogP contribution in [0.4, 0.5) is 5.69 Å². The van der Waals surface area contributed by atoms with Gasteiger partial charge in [-0.2, -0.15) is 0 Å². The Kier molecular flexibility index (Phi) is 6.49. The summed E-state index contributed by atoms with van der Waals surface area (Å²) in [7, 11) is 0. The van der Waals surface area contributed by atoms with Crippen molar-refractivity contribution in [3.8, 4) is 50.6 Å². The van der Waals surface area contributed by atoms with E-state index in [-0.39, 0.29) is 6.04 Å². The molecular weight excluding hydrogens is 611 g/mol. The lowest BCUT2D eigenvalue weighted by Crippen LogP contribution is -2.19. The number of nitrogens with one attached hydrogen (secondary N) is 1. The van der Waals surface area contributed by atoms with E-state index in [1.54, 1.807) is 0 Å². The third kappa shape index (κ3) is 4.63. The minimum Gasteiger partial charge on any atom is -0.374 e. The molecule has 0 fully saturated rings. The number of anilines is 1. The summed E-state index contributed by atoms with van der Waals surface area (Å²) in [5.41, 5.74) is 15.5. The van der Waals surface area contributed by atoms with Gasteiger partial charge in [-0.05, 0) is 64.7 Å². The van der Waals surface area contributed by atoms with E-state index < -0.39 is 0 Å². The first-order valence-electron chi connectivity index (χ1n) is 17.0. The van der Waals surface area contributed by atoms with Crippen molar-refractivity contribution >= 4 is 22.4 Å². The standard InChI is InChI=1S/C45H31N5/c1-3-12-31(13-4-1)40-29-49-27-26-37-42(45(49)48-40)36-18-7-8-19-38(36)46-43(37)34-17-11-16-33(28-34)30-22-24-35(25-23-30)50-41-21-10-9-20-39(41)47-44(50)32-14-5-2-6-15-32/h1-29,43,46H. The second kappa shape index (κ2) is 11.5. The summed E-state index contributed by atoms with van der Waals surface area (Å²) in [6, 6.07) is 57.6. The van der Waals surface area contributed by atoms with Crippen LogP contribution in [0.3, 0.4) is 0 Å². The van der Waals surface area contributed by atoms with Gasteiger partial charge in [0.05, 0.1) is 22.8 Å². The summed E-state index contributed by atoms with van der Waals surface area (Å²) in [5, 5.41) is 3.87. The van der Waals surface area contributed by atoms with Gasteiger partial charge in [0.25, 0.3) is 0 Å². The summed E-state index contributed by atoms with van der Waals surface area (Å²) in [6.07, 6.45) is 4.27. The maximum absolute atomic E-state index is 5.19. The number of pyridine rings is 1. The SMILES string of the molecule is c1ccc(-c2cn3ccc4c(c3n2)-c2ccccc2NC4c2cccc(-c3ccc(-n4c(-c5ccccc5)nc5ccccc54)cc3)c2)cc1. The number of nitrogens with zero attached hydrogens (tertiary/aromatic N) is 4. The van der Waals surface area contributed by atoms with E-state index in [1.807, 2.05) is 18.2 Å². The zero-order chi connectivity index (χ0) is 33.0. The van der Waals surface area contributed by atoms with Crippen LogP contribution in [0.2, 0.25) is 0 Å². The monoisotopic (exact) mass is 641 g/mol. The molecule has 1 N–H and O–H groups in total. The van der Waals surface area contributed by atoms with Gasteiger partial charge in [0.15, 0.2) is 0 Å². The normalized spacial score (nSPS) is 13.6. The molecule has 1 unspecified atom stereocenters. The van der Waals surface area contributed by atoms with Gasteiger partial charge in [-0.1, -0.05) is 121 Å². The molecule has 4 heterocycles. The van der Waals surface area contributed by atoms with Gasteiger partial charge in [-0.15, -0.1) is 0 Å². The first kappa shape index (κ1) is 28.3. The smallest absolute Gasteiger partial charge is 0.145 e. The Morgan fingerprint density at radius 3 is 2.12 bits per heavy atom. The second-order valence-electron chi connectivity index (χ2n) is 12.8. The highest BCUT2D eigenvalue weighted by molar-refractivity contribution is 5.93. The number of para-hydroxylation sites is 3. The number of hydrogen-bond donors (Lipinski definition) is 1. The van der Waals surface area contributed by atoms with Crippen molar-refractivity contribution in [2.24, 2.45) is 0 Å². The highest BCUT2D eigenvalue weighted by atomic mass is 15.1. The van der Waals surface area contributed by atoms with Crippen molar-refractivity contribution in [1.29, 1.82) is 0 Å². The molecule has 3 aromatic heterocycles. The Balaban J connectivity index is 1.05. The van der Waals surface area contributed by atoms with Crippen LogP contribution in [-0.4, -0.2) is 18.9 Å². The van der Waals surface area contributed by atoms with Gasteiger partial charge in [0.1, 0.15) is 11.5 Å². The summed E-state index contributed by atoms with van der Waals surface area (Å²) in [5.74, 6) is 0.936. The van der Waals surface area contributed by atoms with E-state index in [4.69, 9.17) is 9.97 Å². The number of benzene rings is 6. The Bertz CT molecular complexity index is 2670.